The lowest BCUT2D eigenvalue weighted by Gasteiger charge is -2.00. The van der Waals surface area contributed by atoms with E-state index < -0.39 is 0 Å². The number of hydrogen-bond donors (Lipinski definition) is 1. The molecule has 0 aliphatic carbocycles. The van der Waals surface area contributed by atoms with E-state index in [4.69, 9.17) is 4.42 Å². The number of carbonyl (C=O) groups excluding carboxylic acids is 1. The first kappa shape index (κ1) is 11.1. The van der Waals surface area contributed by atoms with Crippen molar-refractivity contribution < 1.29 is 9.21 Å². The molecule has 0 aliphatic heterocycles. The minimum absolute atomic E-state index is 0.105. The van der Waals surface area contributed by atoms with Crippen molar-refractivity contribution in [3.63, 3.8) is 0 Å². The van der Waals surface area contributed by atoms with Gasteiger partial charge >= 0.3 is 0 Å². The molecule has 2 aromatic rings. The molecular formula is C11H9IN2O2. The fourth-order valence-corrected chi connectivity index (χ4v) is 1.62. The number of aromatic nitrogens is 1. The summed E-state index contributed by atoms with van der Waals surface area (Å²) >= 11 is 1.70. The van der Waals surface area contributed by atoms with Gasteiger partial charge in [-0.3, -0.25) is 4.79 Å². The average Bonchev–Trinajstić information content (AvgIpc) is 2.78. The number of hydrogen-bond acceptors (Lipinski definition) is 4. The van der Waals surface area contributed by atoms with E-state index in [1.54, 1.807) is 48.2 Å². The van der Waals surface area contributed by atoms with Gasteiger partial charge in [0.05, 0.1) is 6.26 Å². The van der Waals surface area contributed by atoms with Crippen molar-refractivity contribution in [2.45, 2.75) is 0 Å². The molecule has 0 aromatic carbocycles. The van der Waals surface area contributed by atoms with Crippen LogP contribution in [0.15, 0.2) is 35.1 Å². The minimum Gasteiger partial charge on any atom is -0.460 e. The molecule has 0 saturated heterocycles. The molecule has 2 aromatic heterocycles. The molecule has 82 valence electrons. The van der Waals surface area contributed by atoms with Crippen molar-refractivity contribution in [2.75, 3.05) is 12.4 Å². The number of anilines is 1. The molecule has 1 N–H and O–H groups in total. The lowest BCUT2D eigenvalue weighted by molar-refractivity contribution is 0.108. The smallest absolute Gasteiger partial charge is 0.257 e. The van der Waals surface area contributed by atoms with Crippen molar-refractivity contribution in [2.24, 2.45) is 0 Å². The van der Waals surface area contributed by atoms with Gasteiger partial charge in [0.25, 0.3) is 3.79 Å². The molecule has 0 amide bonds. The van der Waals surface area contributed by atoms with E-state index in [0.29, 0.717) is 5.76 Å². The van der Waals surface area contributed by atoms with E-state index in [0.717, 1.165) is 16.9 Å². The van der Waals surface area contributed by atoms with Gasteiger partial charge in [-0.25, -0.2) is 4.98 Å². The third kappa shape index (κ3) is 2.24. The molecule has 0 saturated carbocycles. The van der Waals surface area contributed by atoms with Gasteiger partial charge in [0.1, 0.15) is 5.82 Å². The molecule has 0 spiro atoms. The van der Waals surface area contributed by atoms with Crippen LogP contribution in [0, 0.1) is 0 Å². The predicted octanol–water partition coefficient (Wildman–Crippen LogP) is 2.96. The van der Waals surface area contributed by atoms with E-state index in [2.05, 4.69) is 10.3 Å². The van der Waals surface area contributed by atoms with Crippen LogP contribution in [-0.4, -0.2) is 15.8 Å². The first-order valence-electron chi connectivity index (χ1n) is 4.63. The third-order valence-electron chi connectivity index (χ3n) is 2.14. The molecule has 0 radical (unpaired) electrons. The standard InChI is InChI=1S/C11H9IN2O2/c1-13-10-5-7(2-3-14-10)8-4-9(11(12)15)16-6-8/h2-6H,1H3,(H,13,14). The van der Waals surface area contributed by atoms with Crippen LogP contribution in [0.25, 0.3) is 11.1 Å². The maximum absolute atomic E-state index is 11.1. The summed E-state index contributed by atoms with van der Waals surface area (Å²) in [5.41, 5.74) is 1.84. The molecule has 0 aliphatic rings. The molecule has 2 heterocycles. The van der Waals surface area contributed by atoms with Crippen LogP contribution in [0.5, 0.6) is 0 Å². The maximum Gasteiger partial charge on any atom is 0.257 e. The summed E-state index contributed by atoms with van der Waals surface area (Å²) in [5.74, 6) is 1.14. The predicted molar refractivity (Wildman–Crippen MR) is 69.8 cm³/mol. The molecule has 0 fully saturated rings. The Balaban J connectivity index is 2.38. The molecule has 5 heteroatoms. The number of carbonyl (C=O) groups is 1. The van der Waals surface area contributed by atoms with E-state index in [1.807, 2.05) is 12.1 Å². The van der Waals surface area contributed by atoms with E-state index in [9.17, 15) is 4.79 Å². The SMILES string of the molecule is CNc1cc(-c2coc(C(=O)I)c2)ccn1. The van der Waals surface area contributed by atoms with Crippen molar-refractivity contribution in [3.8, 4) is 11.1 Å². The van der Waals surface area contributed by atoms with Crippen LogP contribution in [0.1, 0.15) is 10.6 Å². The Labute approximate surface area is 106 Å². The second kappa shape index (κ2) is 4.65. The molecule has 16 heavy (non-hydrogen) atoms. The Morgan fingerprint density at radius 1 is 1.44 bits per heavy atom. The second-order valence-corrected chi connectivity index (χ2v) is 4.13. The van der Waals surface area contributed by atoms with Gasteiger partial charge in [-0.15, -0.1) is 0 Å². The molecule has 0 bridgehead atoms. The summed E-state index contributed by atoms with van der Waals surface area (Å²) in [6.07, 6.45) is 3.28. The summed E-state index contributed by atoms with van der Waals surface area (Å²) in [5, 5.41) is 2.96. The van der Waals surface area contributed by atoms with Crippen molar-refractivity contribution in [3.05, 3.63) is 36.4 Å². The molecule has 4 nitrogen and oxygen atoms in total. The highest BCUT2D eigenvalue weighted by atomic mass is 127. The van der Waals surface area contributed by atoms with Crippen LogP contribution in [-0.2, 0) is 0 Å². The van der Waals surface area contributed by atoms with Crippen LogP contribution in [0.4, 0.5) is 5.82 Å². The Morgan fingerprint density at radius 2 is 2.25 bits per heavy atom. The second-order valence-electron chi connectivity index (χ2n) is 3.15. The first-order chi connectivity index (χ1) is 7.70. The third-order valence-corrected chi connectivity index (χ3v) is 2.67. The molecule has 0 unspecified atom stereocenters. The minimum atomic E-state index is -0.105. The summed E-state index contributed by atoms with van der Waals surface area (Å²) in [6.45, 7) is 0. The molecular weight excluding hydrogens is 319 g/mol. The first-order valence-corrected chi connectivity index (χ1v) is 5.71. The van der Waals surface area contributed by atoms with Gasteiger partial charge < -0.3 is 9.73 Å². The average molecular weight is 328 g/mol. The normalized spacial score (nSPS) is 10.1. The highest BCUT2D eigenvalue weighted by Gasteiger charge is 2.09. The number of nitrogens with zero attached hydrogens (tertiary/aromatic N) is 1. The van der Waals surface area contributed by atoms with Gasteiger partial charge in [-0.05, 0) is 23.8 Å². The Kier molecular flexibility index (Phi) is 3.23. The molecule has 2 rings (SSSR count). The number of furan rings is 1. The zero-order chi connectivity index (χ0) is 11.5. The Bertz CT molecular complexity index is 522. The number of pyridine rings is 1. The van der Waals surface area contributed by atoms with E-state index in [1.165, 1.54) is 0 Å². The van der Waals surface area contributed by atoms with E-state index in [-0.39, 0.29) is 3.79 Å². The van der Waals surface area contributed by atoms with Crippen LogP contribution in [0.3, 0.4) is 0 Å². The number of rotatable bonds is 3. The summed E-state index contributed by atoms with van der Waals surface area (Å²) in [6, 6.07) is 5.49. The summed E-state index contributed by atoms with van der Waals surface area (Å²) < 4.78 is 5.05. The van der Waals surface area contributed by atoms with Gasteiger partial charge in [0.2, 0.25) is 0 Å². The van der Waals surface area contributed by atoms with Crippen molar-refractivity contribution in [1.82, 2.24) is 4.98 Å². The Morgan fingerprint density at radius 3 is 2.88 bits per heavy atom. The number of halogens is 1. The fraction of sp³-hybridized carbons (Fsp3) is 0.0909. The Hall–Kier alpha value is -1.37. The number of nitrogens with one attached hydrogen (secondary N) is 1. The van der Waals surface area contributed by atoms with Crippen LogP contribution in [0.2, 0.25) is 0 Å². The van der Waals surface area contributed by atoms with Gasteiger partial charge in [-0.1, -0.05) is 0 Å². The zero-order valence-corrected chi connectivity index (χ0v) is 10.7. The summed E-state index contributed by atoms with van der Waals surface area (Å²) in [4.78, 5) is 15.2. The topological polar surface area (TPSA) is 55.1 Å². The van der Waals surface area contributed by atoms with Crippen LogP contribution < -0.4 is 5.32 Å². The largest absolute Gasteiger partial charge is 0.460 e. The fourth-order valence-electron chi connectivity index (χ4n) is 1.34. The lowest BCUT2D eigenvalue weighted by atomic mass is 10.1. The maximum atomic E-state index is 11.1. The van der Waals surface area contributed by atoms with Crippen LogP contribution >= 0.6 is 22.6 Å². The highest BCUT2D eigenvalue weighted by molar-refractivity contribution is 14.1. The van der Waals surface area contributed by atoms with E-state index >= 15 is 0 Å². The quantitative estimate of drug-likeness (QED) is 0.695. The zero-order valence-electron chi connectivity index (χ0n) is 8.53. The monoisotopic (exact) mass is 328 g/mol. The van der Waals surface area contributed by atoms with Gasteiger partial charge in [-0.2, -0.15) is 0 Å². The van der Waals surface area contributed by atoms with Gasteiger partial charge in [0.15, 0.2) is 5.76 Å². The summed E-state index contributed by atoms with van der Waals surface area (Å²) in [7, 11) is 1.81. The lowest BCUT2D eigenvalue weighted by Crippen LogP contribution is -1.91. The van der Waals surface area contributed by atoms with Crippen molar-refractivity contribution in [1.29, 1.82) is 0 Å². The molecule has 0 atom stereocenters. The van der Waals surface area contributed by atoms with Crippen molar-refractivity contribution >= 4 is 32.2 Å². The van der Waals surface area contributed by atoms with Gasteiger partial charge in [0, 0.05) is 41.4 Å². The highest BCUT2D eigenvalue weighted by Crippen LogP contribution is 2.24.